The highest BCUT2D eigenvalue weighted by Crippen LogP contribution is 2.35. The van der Waals surface area contributed by atoms with Crippen molar-refractivity contribution in [2.45, 2.75) is 50.7 Å². The molecule has 0 spiro atoms. The number of methoxy groups -OCH3 is 1. The van der Waals surface area contributed by atoms with Crippen LogP contribution in [0.2, 0.25) is 0 Å². The molecular formula is C16H23NO2. The largest absolute Gasteiger partial charge is 0.493 e. The molecule has 1 aliphatic carbocycles. The topological polar surface area (TPSA) is 30.5 Å². The monoisotopic (exact) mass is 261 g/mol. The Morgan fingerprint density at radius 1 is 1.05 bits per heavy atom. The second-order valence-electron chi connectivity index (χ2n) is 5.58. The van der Waals surface area contributed by atoms with Gasteiger partial charge >= 0.3 is 0 Å². The van der Waals surface area contributed by atoms with Gasteiger partial charge in [0.05, 0.1) is 13.2 Å². The number of rotatable bonds is 4. The molecule has 0 bridgehead atoms. The normalized spacial score (nSPS) is 23.7. The van der Waals surface area contributed by atoms with E-state index >= 15 is 0 Å². The minimum absolute atomic E-state index is 0.396. The van der Waals surface area contributed by atoms with E-state index in [0.717, 1.165) is 18.0 Å². The Kier molecular flexibility index (Phi) is 3.92. The molecule has 1 N–H and O–H groups in total. The van der Waals surface area contributed by atoms with Crippen molar-refractivity contribution in [3.05, 3.63) is 23.8 Å². The number of hydrogen-bond donors (Lipinski definition) is 1. The molecule has 1 heterocycles. The molecule has 2 aliphatic rings. The van der Waals surface area contributed by atoms with Crippen molar-refractivity contribution in [2.75, 3.05) is 13.7 Å². The second-order valence-corrected chi connectivity index (χ2v) is 5.58. The minimum Gasteiger partial charge on any atom is -0.493 e. The number of hydrogen-bond acceptors (Lipinski definition) is 3. The summed E-state index contributed by atoms with van der Waals surface area (Å²) in [5, 5.41) is 3.57. The summed E-state index contributed by atoms with van der Waals surface area (Å²) in [4.78, 5) is 0. The van der Waals surface area contributed by atoms with Crippen molar-refractivity contribution in [2.24, 2.45) is 0 Å². The van der Waals surface area contributed by atoms with Crippen molar-refractivity contribution < 1.29 is 9.47 Å². The lowest BCUT2D eigenvalue weighted by Crippen LogP contribution is -2.27. The summed E-state index contributed by atoms with van der Waals surface area (Å²) in [6.07, 6.45) is 7.84. The summed E-state index contributed by atoms with van der Waals surface area (Å²) in [5.74, 6) is 1.77. The summed E-state index contributed by atoms with van der Waals surface area (Å²) >= 11 is 0. The van der Waals surface area contributed by atoms with Gasteiger partial charge in [0.1, 0.15) is 0 Å². The fourth-order valence-corrected chi connectivity index (χ4v) is 2.80. The van der Waals surface area contributed by atoms with E-state index < -0.39 is 0 Å². The van der Waals surface area contributed by atoms with E-state index in [1.807, 2.05) is 0 Å². The molecule has 1 saturated carbocycles. The van der Waals surface area contributed by atoms with Gasteiger partial charge in [-0.25, -0.2) is 0 Å². The molecular weight excluding hydrogens is 238 g/mol. The molecule has 3 rings (SSSR count). The summed E-state index contributed by atoms with van der Waals surface area (Å²) in [6, 6.07) is 6.86. The fraction of sp³-hybridized carbons (Fsp3) is 0.625. The number of piperidine rings is 1. The molecule has 1 aromatic rings. The zero-order chi connectivity index (χ0) is 13.1. The quantitative estimate of drug-likeness (QED) is 0.900. The first kappa shape index (κ1) is 12.8. The van der Waals surface area contributed by atoms with Crippen LogP contribution in [-0.4, -0.2) is 19.8 Å². The predicted molar refractivity (Wildman–Crippen MR) is 75.9 cm³/mol. The van der Waals surface area contributed by atoms with E-state index in [1.165, 1.54) is 44.1 Å². The third kappa shape index (κ3) is 2.86. The number of nitrogens with one attached hydrogen (secondary N) is 1. The molecule has 1 saturated heterocycles. The zero-order valence-corrected chi connectivity index (χ0v) is 11.7. The Morgan fingerprint density at radius 2 is 1.95 bits per heavy atom. The molecule has 0 aromatic heterocycles. The highest BCUT2D eigenvalue weighted by Gasteiger charge is 2.22. The molecule has 2 fully saturated rings. The maximum atomic E-state index is 5.97. The third-order valence-corrected chi connectivity index (χ3v) is 4.25. The van der Waals surface area contributed by atoms with Crippen molar-refractivity contribution in [1.29, 1.82) is 0 Å². The van der Waals surface area contributed by atoms with Crippen LogP contribution in [0.3, 0.4) is 0 Å². The van der Waals surface area contributed by atoms with Gasteiger partial charge in [0.2, 0.25) is 0 Å². The predicted octanol–water partition coefficient (Wildman–Crippen LogP) is 3.44. The van der Waals surface area contributed by atoms with Crippen LogP contribution < -0.4 is 14.8 Å². The van der Waals surface area contributed by atoms with Gasteiger partial charge in [-0.15, -0.1) is 0 Å². The van der Waals surface area contributed by atoms with Gasteiger partial charge in [-0.1, -0.05) is 12.5 Å². The summed E-state index contributed by atoms with van der Waals surface area (Å²) in [5.41, 5.74) is 1.32. The lowest BCUT2D eigenvalue weighted by atomic mass is 9.95. The van der Waals surface area contributed by atoms with Gasteiger partial charge in [0.15, 0.2) is 11.5 Å². The standard InChI is InChI=1S/C16H23NO2/c1-18-16-11-12(14-7-2-3-10-17-14)8-9-15(16)19-13-5-4-6-13/h8-9,11,13-14,17H,2-7,10H2,1H3. The molecule has 0 amide bonds. The Hall–Kier alpha value is -1.22. The van der Waals surface area contributed by atoms with E-state index in [0.29, 0.717) is 12.1 Å². The van der Waals surface area contributed by atoms with E-state index in [2.05, 4.69) is 23.5 Å². The zero-order valence-electron chi connectivity index (χ0n) is 11.7. The van der Waals surface area contributed by atoms with Crippen LogP contribution in [-0.2, 0) is 0 Å². The van der Waals surface area contributed by atoms with Crippen LogP contribution in [0.5, 0.6) is 11.5 Å². The Bertz CT molecular complexity index is 423. The Balaban J connectivity index is 1.75. The fourth-order valence-electron chi connectivity index (χ4n) is 2.80. The summed E-state index contributed by atoms with van der Waals surface area (Å²) < 4.78 is 11.5. The number of benzene rings is 1. The van der Waals surface area contributed by atoms with Crippen molar-refractivity contribution in [1.82, 2.24) is 5.32 Å². The van der Waals surface area contributed by atoms with Crippen molar-refractivity contribution in [3.63, 3.8) is 0 Å². The Labute approximate surface area is 115 Å². The number of ether oxygens (including phenoxy) is 2. The maximum Gasteiger partial charge on any atom is 0.161 e. The SMILES string of the molecule is COc1cc(C2CCCCN2)ccc1OC1CCC1. The van der Waals surface area contributed by atoms with E-state index in [1.54, 1.807) is 7.11 Å². The van der Waals surface area contributed by atoms with Crippen LogP contribution >= 0.6 is 0 Å². The van der Waals surface area contributed by atoms with Crippen LogP contribution in [0.15, 0.2) is 18.2 Å². The van der Waals surface area contributed by atoms with Crippen molar-refractivity contribution >= 4 is 0 Å². The van der Waals surface area contributed by atoms with Crippen LogP contribution in [0.25, 0.3) is 0 Å². The van der Waals surface area contributed by atoms with Crippen LogP contribution in [0, 0.1) is 0 Å². The average molecular weight is 261 g/mol. The van der Waals surface area contributed by atoms with Gasteiger partial charge in [-0.2, -0.15) is 0 Å². The molecule has 1 aliphatic heterocycles. The second kappa shape index (κ2) is 5.83. The highest BCUT2D eigenvalue weighted by molar-refractivity contribution is 5.44. The van der Waals surface area contributed by atoms with Gasteiger partial charge in [-0.3, -0.25) is 0 Å². The van der Waals surface area contributed by atoms with Crippen molar-refractivity contribution in [3.8, 4) is 11.5 Å². The molecule has 19 heavy (non-hydrogen) atoms. The van der Waals surface area contributed by atoms with Crippen LogP contribution in [0.1, 0.15) is 50.1 Å². The molecule has 0 radical (unpaired) electrons. The molecule has 3 heteroatoms. The highest BCUT2D eigenvalue weighted by atomic mass is 16.5. The lowest BCUT2D eigenvalue weighted by Gasteiger charge is -2.28. The molecule has 1 aromatic carbocycles. The van der Waals surface area contributed by atoms with Gasteiger partial charge < -0.3 is 14.8 Å². The van der Waals surface area contributed by atoms with Gasteiger partial charge in [0.25, 0.3) is 0 Å². The summed E-state index contributed by atoms with van der Waals surface area (Å²) in [6.45, 7) is 1.12. The van der Waals surface area contributed by atoms with E-state index in [9.17, 15) is 0 Å². The first-order valence-electron chi connectivity index (χ1n) is 7.45. The summed E-state index contributed by atoms with van der Waals surface area (Å²) in [7, 11) is 1.72. The van der Waals surface area contributed by atoms with E-state index in [-0.39, 0.29) is 0 Å². The molecule has 1 unspecified atom stereocenters. The minimum atomic E-state index is 0.396. The van der Waals surface area contributed by atoms with Gasteiger partial charge in [-0.05, 0) is 56.3 Å². The maximum absolute atomic E-state index is 5.97. The lowest BCUT2D eigenvalue weighted by molar-refractivity contribution is 0.116. The molecule has 104 valence electrons. The smallest absolute Gasteiger partial charge is 0.161 e. The first-order valence-corrected chi connectivity index (χ1v) is 7.45. The molecule has 1 atom stereocenters. The molecule has 3 nitrogen and oxygen atoms in total. The Morgan fingerprint density at radius 3 is 2.58 bits per heavy atom. The van der Waals surface area contributed by atoms with Gasteiger partial charge in [0, 0.05) is 6.04 Å². The van der Waals surface area contributed by atoms with E-state index in [4.69, 9.17) is 9.47 Å². The van der Waals surface area contributed by atoms with Crippen LogP contribution in [0.4, 0.5) is 0 Å². The first-order chi connectivity index (χ1) is 9.36. The third-order valence-electron chi connectivity index (χ3n) is 4.25. The average Bonchev–Trinajstić information content (AvgIpc) is 2.44.